The average Bonchev–Trinajstić information content (AvgIpc) is 3.06. The number of aromatic nitrogens is 2. The Labute approximate surface area is 152 Å². The lowest BCUT2D eigenvalue weighted by Gasteiger charge is -2.03. The first-order valence-electron chi connectivity index (χ1n) is 6.95. The highest BCUT2D eigenvalue weighted by atomic mass is 35.5. The third-order valence-electron chi connectivity index (χ3n) is 3.24. The largest absolute Gasteiger partial charge is 0.285 e. The molecule has 1 aromatic carbocycles. The van der Waals surface area contributed by atoms with Gasteiger partial charge in [0.15, 0.2) is 0 Å². The first-order valence-corrected chi connectivity index (χ1v) is 8.52. The zero-order chi connectivity index (χ0) is 17.1. The van der Waals surface area contributed by atoms with E-state index in [0.717, 1.165) is 21.0 Å². The second-order valence-electron chi connectivity index (χ2n) is 4.88. The first kappa shape index (κ1) is 16.7. The van der Waals surface area contributed by atoms with Crippen LogP contribution < -0.4 is 11.0 Å². The fourth-order valence-electron chi connectivity index (χ4n) is 2.00. The van der Waals surface area contributed by atoms with E-state index in [2.05, 4.69) is 20.7 Å². The van der Waals surface area contributed by atoms with Gasteiger partial charge in [-0.25, -0.2) is 5.10 Å². The minimum atomic E-state index is -0.466. The number of thiophene rings is 1. The van der Waals surface area contributed by atoms with Crippen molar-refractivity contribution in [3.63, 3.8) is 0 Å². The summed E-state index contributed by atoms with van der Waals surface area (Å²) in [5.74, 6) is 0. The van der Waals surface area contributed by atoms with Gasteiger partial charge in [0.05, 0.1) is 16.8 Å². The van der Waals surface area contributed by atoms with Crippen molar-refractivity contribution in [1.29, 1.82) is 0 Å². The maximum Gasteiger partial charge on any atom is 0.285 e. The molecule has 0 spiro atoms. The van der Waals surface area contributed by atoms with Crippen LogP contribution in [0.25, 0.3) is 10.4 Å². The molecule has 0 bridgehead atoms. The van der Waals surface area contributed by atoms with Crippen LogP contribution in [-0.4, -0.2) is 15.9 Å². The van der Waals surface area contributed by atoms with Gasteiger partial charge in [-0.05, 0) is 25.1 Å². The zero-order valence-electron chi connectivity index (χ0n) is 12.5. The molecule has 0 aliphatic rings. The average molecular weight is 379 g/mol. The summed E-state index contributed by atoms with van der Waals surface area (Å²) in [5, 5.41) is 10.9. The van der Waals surface area contributed by atoms with E-state index in [4.69, 9.17) is 23.2 Å². The molecule has 122 valence electrons. The van der Waals surface area contributed by atoms with Gasteiger partial charge in [0.25, 0.3) is 5.56 Å². The predicted molar refractivity (Wildman–Crippen MR) is 100 cm³/mol. The number of rotatable bonds is 4. The van der Waals surface area contributed by atoms with E-state index in [0.29, 0.717) is 10.7 Å². The highest BCUT2D eigenvalue weighted by Gasteiger charge is 2.09. The van der Waals surface area contributed by atoms with Gasteiger partial charge in [-0.2, -0.15) is 10.2 Å². The lowest BCUT2D eigenvalue weighted by molar-refractivity contribution is 0.987. The Morgan fingerprint density at radius 2 is 2.04 bits per heavy atom. The summed E-state index contributed by atoms with van der Waals surface area (Å²) in [6.45, 7) is 1.86. The molecule has 0 saturated heterocycles. The minimum absolute atomic E-state index is 0.0180. The van der Waals surface area contributed by atoms with E-state index in [1.165, 1.54) is 6.20 Å². The summed E-state index contributed by atoms with van der Waals surface area (Å²) in [6, 6.07) is 11.7. The van der Waals surface area contributed by atoms with E-state index in [9.17, 15) is 4.79 Å². The van der Waals surface area contributed by atoms with Crippen LogP contribution in [0.15, 0.2) is 52.5 Å². The molecule has 0 radical (unpaired) electrons. The Balaban J connectivity index is 1.83. The number of anilines is 1. The molecule has 5 nitrogen and oxygen atoms in total. The zero-order valence-corrected chi connectivity index (χ0v) is 14.8. The van der Waals surface area contributed by atoms with E-state index in [-0.39, 0.29) is 5.02 Å². The van der Waals surface area contributed by atoms with Crippen molar-refractivity contribution >= 4 is 45.9 Å². The molecular weight excluding hydrogens is 367 g/mol. The van der Waals surface area contributed by atoms with Gasteiger partial charge in [-0.3, -0.25) is 10.2 Å². The number of nitrogens with zero attached hydrogens (tertiary/aromatic N) is 2. The summed E-state index contributed by atoms with van der Waals surface area (Å²) >= 11 is 13.7. The van der Waals surface area contributed by atoms with Crippen LogP contribution in [0, 0.1) is 0 Å². The molecule has 24 heavy (non-hydrogen) atoms. The minimum Gasteiger partial charge on any atom is -0.275 e. The van der Waals surface area contributed by atoms with Crippen molar-refractivity contribution in [3.05, 3.63) is 67.9 Å². The molecular formula is C16H12Cl2N4OS. The molecule has 0 aliphatic heterocycles. The number of hydrogen-bond acceptors (Lipinski definition) is 5. The maximum absolute atomic E-state index is 11.4. The fraction of sp³-hybridized carbons (Fsp3) is 0.0625. The maximum atomic E-state index is 11.4. The standard InChI is InChI=1S/C16H12Cl2N4OS/c1-9(20-21-12-8-19-22-16(23)15(12)18)13-6-7-14(24-13)10-4-2-3-5-11(10)17/h2-8H,1H3,(H2,21,22,23). The molecule has 8 heteroatoms. The van der Waals surface area contributed by atoms with E-state index in [1.54, 1.807) is 11.3 Å². The van der Waals surface area contributed by atoms with E-state index < -0.39 is 5.56 Å². The topological polar surface area (TPSA) is 70.1 Å². The van der Waals surface area contributed by atoms with Crippen LogP contribution in [0.1, 0.15) is 11.8 Å². The Bertz CT molecular complexity index is 964. The Kier molecular flexibility index (Phi) is 4.99. The van der Waals surface area contributed by atoms with Crippen molar-refractivity contribution in [1.82, 2.24) is 10.2 Å². The molecule has 0 saturated carbocycles. The third-order valence-corrected chi connectivity index (χ3v) is 5.17. The summed E-state index contributed by atoms with van der Waals surface area (Å²) in [4.78, 5) is 13.4. The van der Waals surface area contributed by atoms with Gasteiger partial charge in [0, 0.05) is 15.5 Å². The molecule has 0 aliphatic carbocycles. The van der Waals surface area contributed by atoms with Gasteiger partial charge in [0.2, 0.25) is 0 Å². The smallest absolute Gasteiger partial charge is 0.275 e. The molecule has 0 atom stereocenters. The summed E-state index contributed by atoms with van der Waals surface area (Å²) in [6.07, 6.45) is 1.41. The number of aromatic amines is 1. The SMILES string of the molecule is CC(=NNc1cn[nH]c(=O)c1Cl)c1ccc(-c2ccccc2Cl)s1. The van der Waals surface area contributed by atoms with Crippen LogP contribution in [0.4, 0.5) is 5.69 Å². The molecule has 2 aromatic heterocycles. The van der Waals surface area contributed by atoms with Gasteiger partial charge in [0.1, 0.15) is 10.7 Å². The molecule has 3 aromatic rings. The van der Waals surface area contributed by atoms with Crippen LogP contribution in [0.2, 0.25) is 10.0 Å². The molecule has 2 N–H and O–H groups in total. The van der Waals surface area contributed by atoms with Crippen LogP contribution >= 0.6 is 34.5 Å². The number of hydrazone groups is 1. The molecule has 2 heterocycles. The van der Waals surface area contributed by atoms with E-state index in [1.807, 2.05) is 43.3 Å². The van der Waals surface area contributed by atoms with Crippen molar-refractivity contribution < 1.29 is 0 Å². The van der Waals surface area contributed by atoms with Gasteiger partial charge < -0.3 is 0 Å². The predicted octanol–water partition coefficient (Wildman–Crippen LogP) is 4.64. The Morgan fingerprint density at radius 3 is 2.83 bits per heavy atom. The Morgan fingerprint density at radius 1 is 1.25 bits per heavy atom. The summed E-state index contributed by atoms with van der Waals surface area (Å²) in [5.41, 5.74) is 4.39. The van der Waals surface area contributed by atoms with E-state index >= 15 is 0 Å². The molecule has 3 rings (SSSR count). The van der Waals surface area contributed by atoms with Crippen molar-refractivity contribution in [2.75, 3.05) is 5.43 Å². The number of hydrogen-bond donors (Lipinski definition) is 2. The number of H-pyrrole nitrogens is 1. The Hall–Kier alpha value is -2.15. The second kappa shape index (κ2) is 7.17. The highest BCUT2D eigenvalue weighted by Crippen LogP contribution is 2.33. The number of halogens is 2. The lowest BCUT2D eigenvalue weighted by Crippen LogP contribution is -2.10. The quantitative estimate of drug-likeness (QED) is 0.513. The van der Waals surface area contributed by atoms with Gasteiger partial charge in [-0.15, -0.1) is 11.3 Å². The first-order chi connectivity index (χ1) is 11.6. The second-order valence-corrected chi connectivity index (χ2v) is 6.75. The summed E-state index contributed by atoms with van der Waals surface area (Å²) in [7, 11) is 0. The van der Waals surface area contributed by atoms with Gasteiger partial charge in [-0.1, -0.05) is 41.4 Å². The van der Waals surface area contributed by atoms with Crippen LogP contribution in [-0.2, 0) is 0 Å². The fourth-order valence-corrected chi connectivity index (χ4v) is 3.42. The van der Waals surface area contributed by atoms with Crippen molar-refractivity contribution in [3.8, 4) is 10.4 Å². The molecule has 0 unspecified atom stereocenters. The monoisotopic (exact) mass is 378 g/mol. The van der Waals surface area contributed by atoms with Crippen LogP contribution in [0.3, 0.4) is 0 Å². The van der Waals surface area contributed by atoms with Crippen molar-refractivity contribution in [2.24, 2.45) is 5.10 Å². The van der Waals surface area contributed by atoms with Crippen molar-refractivity contribution in [2.45, 2.75) is 6.92 Å². The highest BCUT2D eigenvalue weighted by molar-refractivity contribution is 7.17. The third kappa shape index (κ3) is 3.51. The normalized spacial score (nSPS) is 11.5. The van der Waals surface area contributed by atoms with Gasteiger partial charge >= 0.3 is 0 Å². The number of benzene rings is 1. The molecule has 0 fully saturated rings. The summed E-state index contributed by atoms with van der Waals surface area (Å²) < 4.78 is 0. The van der Waals surface area contributed by atoms with Crippen LogP contribution in [0.5, 0.6) is 0 Å². The lowest BCUT2D eigenvalue weighted by atomic mass is 10.2. The number of nitrogens with one attached hydrogen (secondary N) is 2. The molecule has 0 amide bonds.